The van der Waals surface area contributed by atoms with Crippen LogP contribution < -0.4 is 5.32 Å². The molecule has 1 aromatic carbocycles. The van der Waals surface area contributed by atoms with Gasteiger partial charge in [-0.05, 0) is 36.6 Å². The zero-order valence-corrected chi connectivity index (χ0v) is 14.4. The Balaban J connectivity index is 2.17. The van der Waals surface area contributed by atoms with Crippen LogP contribution in [0.25, 0.3) is 0 Å². The molecule has 0 aliphatic carbocycles. The van der Waals surface area contributed by atoms with Gasteiger partial charge in [0.15, 0.2) is 0 Å². The van der Waals surface area contributed by atoms with Gasteiger partial charge in [-0.3, -0.25) is 0 Å². The predicted octanol–water partition coefficient (Wildman–Crippen LogP) is 3.58. The molecule has 0 heterocycles. The first-order chi connectivity index (χ1) is 10.2. The van der Waals surface area contributed by atoms with E-state index in [1.54, 1.807) is 7.11 Å². The van der Waals surface area contributed by atoms with Crippen molar-refractivity contribution in [3.05, 3.63) is 29.8 Å². The van der Waals surface area contributed by atoms with Crippen LogP contribution in [0.1, 0.15) is 25.8 Å². The quantitative estimate of drug-likeness (QED) is 0.472. The monoisotopic (exact) mass is 311 g/mol. The molecule has 0 aliphatic heterocycles. The lowest BCUT2D eigenvalue weighted by Gasteiger charge is -2.09. The number of hydrogen-bond acceptors (Lipinski definition) is 4. The summed E-state index contributed by atoms with van der Waals surface area (Å²) in [4.78, 5) is 1.34. The van der Waals surface area contributed by atoms with Gasteiger partial charge < -0.3 is 14.8 Å². The van der Waals surface area contributed by atoms with Gasteiger partial charge in [-0.15, -0.1) is 11.8 Å². The predicted molar refractivity (Wildman–Crippen MR) is 91.0 cm³/mol. The third kappa shape index (κ3) is 9.91. The van der Waals surface area contributed by atoms with Crippen molar-refractivity contribution in [1.29, 1.82) is 0 Å². The maximum absolute atomic E-state index is 5.46. The third-order valence-corrected chi connectivity index (χ3v) is 3.99. The molecule has 1 rings (SSSR count). The van der Waals surface area contributed by atoms with E-state index in [4.69, 9.17) is 9.47 Å². The van der Waals surface area contributed by atoms with Crippen molar-refractivity contribution in [2.24, 2.45) is 5.92 Å². The van der Waals surface area contributed by atoms with Crippen molar-refractivity contribution < 1.29 is 9.47 Å². The highest BCUT2D eigenvalue weighted by Gasteiger charge is 1.99. The SMILES string of the molecule is COCCOCCCSc1cccc(CNCC(C)C)c1. The molecule has 0 aromatic heterocycles. The normalized spacial score (nSPS) is 11.2. The highest BCUT2D eigenvalue weighted by atomic mass is 32.2. The molecule has 0 aliphatic rings. The van der Waals surface area contributed by atoms with Crippen LogP contribution in [0.2, 0.25) is 0 Å². The topological polar surface area (TPSA) is 30.5 Å². The lowest BCUT2D eigenvalue weighted by molar-refractivity contribution is 0.0713. The largest absolute Gasteiger partial charge is 0.382 e. The van der Waals surface area contributed by atoms with E-state index >= 15 is 0 Å². The molecule has 21 heavy (non-hydrogen) atoms. The molecule has 0 bridgehead atoms. The van der Waals surface area contributed by atoms with Gasteiger partial charge in [0.05, 0.1) is 13.2 Å². The maximum Gasteiger partial charge on any atom is 0.0700 e. The Bertz CT molecular complexity index is 372. The summed E-state index contributed by atoms with van der Waals surface area (Å²) in [6.07, 6.45) is 1.07. The van der Waals surface area contributed by atoms with Crippen molar-refractivity contribution in [2.75, 3.05) is 39.2 Å². The molecule has 0 fully saturated rings. The molecule has 120 valence electrons. The lowest BCUT2D eigenvalue weighted by Crippen LogP contribution is -2.18. The van der Waals surface area contributed by atoms with E-state index in [2.05, 4.69) is 43.4 Å². The van der Waals surface area contributed by atoms with Crippen molar-refractivity contribution in [2.45, 2.75) is 31.7 Å². The van der Waals surface area contributed by atoms with Crippen LogP contribution in [0.5, 0.6) is 0 Å². The van der Waals surface area contributed by atoms with E-state index in [9.17, 15) is 0 Å². The number of hydrogen-bond donors (Lipinski definition) is 1. The number of thioether (sulfide) groups is 1. The molecule has 0 atom stereocenters. The molecule has 0 amide bonds. The Morgan fingerprint density at radius 2 is 2.05 bits per heavy atom. The van der Waals surface area contributed by atoms with E-state index in [0.717, 1.165) is 31.9 Å². The summed E-state index contributed by atoms with van der Waals surface area (Å²) < 4.78 is 10.4. The summed E-state index contributed by atoms with van der Waals surface area (Å²) in [5.41, 5.74) is 1.36. The molecule has 4 heteroatoms. The van der Waals surface area contributed by atoms with Gasteiger partial charge in [0.25, 0.3) is 0 Å². The molecule has 0 unspecified atom stereocenters. The Morgan fingerprint density at radius 1 is 1.19 bits per heavy atom. The van der Waals surface area contributed by atoms with Crippen LogP contribution in [-0.2, 0) is 16.0 Å². The van der Waals surface area contributed by atoms with E-state index < -0.39 is 0 Å². The fourth-order valence-electron chi connectivity index (χ4n) is 1.85. The summed E-state index contributed by atoms with van der Waals surface area (Å²) in [5, 5.41) is 3.48. The first-order valence-corrected chi connectivity index (χ1v) is 8.70. The van der Waals surface area contributed by atoms with E-state index in [1.165, 1.54) is 10.5 Å². The fourth-order valence-corrected chi connectivity index (χ4v) is 2.75. The average Bonchev–Trinajstić information content (AvgIpc) is 2.46. The maximum atomic E-state index is 5.46. The minimum Gasteiger partial charge on any atom is -0.382 e. The summed E-state index contributed by atoms with van der Waals surface area (Å²) in [6.45, 7) is 8.66. The molecule has 0 saturated heterocycles. The smallest absolute Gasteiger partial charge is 0.0700 e. The Labute approximate surface area is 133 Å². The second-order valence-electron chi connectivity index (χ2n) is 5.48. The van der Waals surface area contributed by atoms with Gasteiger partial charge in [-0.25, -0.2) is 0 Å². The first-order valence-electron chi connectivity index (χ1n) is 7.71. The second-order valence-corrected chi connectivity index (χ2v) is 6.65. The molecule has 1 aromatic rings. The summed E-state index contributed by atoms with van der Waals surface area (Å²) >= 11 is 1.90. The van der Waals surface area contributed by atoms with Crippen molar-refractivity contribution in [3.63, 3.8) is 0 Å². The van der Waals surface area contributed by atoms with Crippen LogP contribution >= 0.6 is 11.8 Å². The molecular weight excluding hydrogens is 282 g/mol. The number of benzene rings is 1. The minimum absolute atomic E-state index is 0.679. The van der Waals surface area contributed by atoms with Gasteiger partial charge in [0.2, 0.25) is 0 Å². The molecule has 1 N–H and O–H groups in total. The summed E-state index contributed by atoms with van der Waals surface area (Å²) in [7, 11) is 1.70. The number of rotatable bonds is 12. The van der Waals surface area contributed by atoms with Crippen molar-refractivity contribution >= 4 is 11.8 Å². The number of methoxy groups -OCH3 is 1. The van der Waals surface area contributed by atoms with E-state index in [0.29, 0.717) is 19.1 Å². The van der Waals surface area contributed by atoms with Crippen molar-refractivity contribution in [3.8, 4) is 0 Å². The Hall–Kier alpha value is -0.550. The van der Waals surface area contributed by atoms with Crippen LogP contribution in [0.4, 0.5) is 0 Å². The van der Waals surface area contributed by atoms with Crippen LogP contribution in [0.3, 0.4) is 0 Å². The van der Waals surface area contributed by atoms with E-state index in [-0.39, 0.29) is 0 Å². The zero-order valence-electron chi connectivity index (χ0n) is 13.6. The first kappa shape index (κ1) is 18.5. The third-order valence-electron chi connectivity index (χ3n) is 2.91. The Morgan fingerprint density at radius 3 is 2.81 bits per heavy atom. The molecular formula is C17H29NO2S. The zero-order chi connectivity index (χ0) is 15.3. The van der Waals surface area contributed by atoms with E-state index in [1.807, 2.05) is 11.8 Å². The van der Waals surface area contributed by atoms with Crippen LogP contribution in [0.15, 0.2) is 29.2 Å². The van der Waals surface area contributed by atoms with Gasteiger partial charge >= 0.3 is 0 Å². The molecule has 0 spiro atoms. The van der Waals surface area contributed by atoms with Gasteiger partial charge in [0, 0.05) is 30.9 Å². The van der Waals surface area contributed by atoms with Crippen LogP contribution in [-0.4, -0.2) is 39.2 Å². The highest BCUT2D eigenvalue weighted by Crippen LogP contribution is 2.20. The Kier molecular flexibility index (Phi) is 10.6. The summed E-state index contributed by atoms with van der Waals surface area (Å²) in [5.74, 6) is 1.79. The van der Waals surface area contributed by atoms with Gasteiger partial charge in [-0.2, -0.15) is 0 Å². The average molecular weight is 311 g/mol. The van der Waals surface area contributed by atoms with Crippen molar-refractivity contribution in [1.82, 2.24) is 5.32 Å². The minimum atomic E-state index is 0.679. The summed E-state index contributed by atoms with van der Waals surface area (Å²) in [6, 6.07) is 8.79. The van der Waals surface area contributed by atoms with Gasteiger partial charge in [0.1, 0.15) is 0 Å². The standard InChI is InChI=1S/C17H29NO2S/c1-15(2)13-18-14-16-6-4-7-17(12-16)21-11-5-8-20-10-9-19-3/h4,6-7,12,15,18H,5,8-11,13-14H2,1-3H3. The number of ether oxygens (including phenoxy) is 2. The second kappa shape index (κ2) is 12.0. The fraction of sp³-hybridized carbons (Fsp3) is 0.647. The molecule has 0 radical (unpaired) electrons. The molecule has 3 nitrogen and oxygen atoms in total. The van der Waals surface area contributed by atoms with Gasteiger partial charge in [-0.1, -0.05) is 26.0 Å². The number of nitrogens with one attached hydrogen (secondary N) is 1. The highest BCUT2D eigenvalue weighted by molar-refractivity contribution is 7.99. The van der Waals surface area contributed by atoms with Crippen LogP contribution in [0, 0.1) is 5.92 Å². The molecule has 0 saturated carbocycles. The lowest BCUT2D eigenvalue weighted by atomic mass is 10.2.